The van der Waals surface area contributed by atoms with Crippen molar-refractivity contribution in [2.75, 3.05) is 20.3 Å². The SMILES string of the molecule is COc1cc(/C=N/NC(N)=O)cc(Br)c1OCCOc1ccc(C(C)(C)C)cc1. The van der Waals surface area contributed by atoms with Crippen LogP contribution in [-0.4, -0.2) is 32.6 Å². The molecule has 3 N–H and O–H groups in total. The largest absolute Gasteiger partial charge is 0.493 e. The van der Waals surface area contributed by atoms with Crippen molar-refractivity contribution in [1.82, 2.24) is 5.43 Å². The van der Waals surface area contributed by atoms with E-state index < -0.39 is 6.03 Å². The number of carbonyl (C=O) groups excluding carboxylic acids is 1. The summed E-state index contributed by atoms with van der Waals surface area (Å²) in [6, 6.07) is 10.9. The van der Waals surface area contributed by atoms with E-state index in [1.165, 1.54) is 11.8 Å². The zero-order valence-electron chi connectivity index (χ0n) is 17.0. The molecule has 2 aromatic rings. The van der Waals surface area contributed by atoms with Crippen LogP contribution in [0.15, 0.2) is 46.0 Å². The second-order valence-electron chi connectivity index (χ2n) is 7.24. The Bertz CT molecular complexity index is 861. The second kappa shape index (κ2) is 10.2. The third-order valence-corrected chi connectivity index (χ3v) is 4.55. The molecule has 156 valence electrons. The van der Waals surface area contributed by atoms with Gasteiger partial charge < -0.3 is 19.9 Å². The van der Waals surface area contributed by atoms with Gasteiger partial charge in [-0.15, -0.1) is 0 Å². The van der Waals surface area contributed by atoms with Crippen LogP contribution < -0.4 is 25.4 Å². The predicted octanol–water partition coefficient (Wildman–Crippen LogP) is 4.22. The summed E-state index contributed by atoms with van der Waals surface area (Å²) in [6.07, 6.45) is 1.45. The number of urea groups is 1. The Hall–Kier alpha value is -2.74. The molecule has 2 aromatic carbocycles. The summed E-state index contributed by atoms with van der Waals surface area (Å²) in [7, 11) is 1.55. The van der Waals surface area contributed by atoms with Gasteiger partial charge in [0.15, 0.2) is 11.5 Å². The Balaban J connectivity index is 1.94. The number of nitrogens with zero attached hydrogens (tertiary/aromatic N) is 1. The number of hydrogen-bond acceptors (Lipinski definition) is 5. The van der Waals surface area contributed by atoms with E-state index in [2.05, 4.69) is 59.4 Å². The van der Waals surface area contributed by atoms with Crippen LogP contribution in [0.4, 0.5) is 4.79 Å². The van der Waals surface area contributed by atoms with E-state index >= 15 is 0 Å². The molecule has 0 atom stereocenters. The fourth-order valence-corrected chi connectivity index (χ4v) is 3.05. The third-order valence-electron chi connectivity index (χ3n) is 3.96. The first kappa shape index (κ1) is 22.5. The highest BCUT2D eigenvalue weighted by Crippen LogP contribution is 2.36. The van der Waals surface area contributed by atoms with Crippen molar-refractivity contribution in [1.29, 1.82) is 0 Å². The summed E-state index contributed by atoms with van der Waals surface area (Å²) in [5.41, 5.74) is 9.17. The fourth-order valence-electron chi connectivity index (χ4n) is 2.48. The van der Waals surface area contributed by atoms with Crippen LogP contribution >= 0.6 is 15.9 Å². The van der Waals surface area contributed by atoms with Crippen LogP contribution in [0.5, 0.6) is 17.2 Å². The molecule has 0 aliphatic carbocycles. The van der Waals surface area contributed by atoms with E-state index in [1.807, 2.05) is 12.1 Å². The number of methoxy groups -OCH3 is 1. The minimum atomic E-state index is -0.736. The molecule has 2 amide bonds. The smallest absolute Gasteiger partial charge is 0.332 e. The Kier molecular flexibility index (Phi) is 7.90. The number of hydrogen-bond donors (Lipinski definition) is 2. The summed E-state index contributed by atoms with van der Waals surface area (Å²) >= 11 is 3.46. The molecule has 7 nitrogen and oxygen atoms in total. The zero-order chi connectivity index (χ0) is 21.4. The topological polar surface area (TPSA) is 95.2 Å². The predicted molar refractivity (Wildman–Crippen MR) is 117 cm³/mol. The Morgan fingerprint density at radius 1 is 1.17 bits per heavy atom. The lowest BCUT2D eigenvalue weighted by atomic mass is 9.87. The van der Waals surface area contributed by atoms with E-state index in [0.29, 0.717) is 34.7 Å². The molecule has 0 spiro atoms. The zero-order valence-corrected chi connectivity index (χ0v) is 18.6. The summed E-state index contributed by atoms with van der Waals surface area (Å²) in [5.74, 6) is 1.87. The van der Waals surface area contributed by atoms with Gasteiger partial charge in [0.2, 0.25) is 0 Å². The number of nitrogens with two attached hydrogens (primary N) is 1. The van der Waals surface area contributed by atoms with Gasteiger partial charge in [-0.3, -0.25) is 0 Å². The van der Waals surface area contributed by atoms with Crippen LogP contribution in [0.25, 0.3) is 0 Å². The summed E-state index contributed by atoms with van der Waals surface area (Å²) in [6.45, 7) is 7.25. The maximum Gasteiger partial charge on any atom is 0.332 e. The summed E-state index contributed by atoms with van der Waals surface area (Å²) in [5, 5.41) is 3.73. The lowest BCUT2D eigenvalue weighted by molar-refractivity contribution is 0.210. The summed E-state index contributed by atoms with van der Waals surface area (Å²) in [4.78, 5) is 10.7. The van der Waals surface area contributed by atoms with Crippen molar-refractivity contribution < 1.29 is 19.0 Å². The molecule has 0 saturated carbocycles. The maximum absolute atomic E-state index is 10.7. The van der Waals surface area contributed by atoms with Gasteiger partial charge in [0, 0.05) is 0 Å². The van der Waals surface area contributed by atoms with E-state index in [0.717, 1.165) is 5.75 Å². The van der Waals surface area contributed by atoms with E-state index in [1.54, 1.807) is 19.2 Å². The molecule has 0 heterocycles. The quantitative estimate of drug-likeness (QED) is 0.348. The number of rotatable bonds is 8. The Morgan fingerprint density at radius 3 is 2.41 bits per heavy atom. The molecular formula is C21H26BrN3O4. The van der Waals surface area contributed by atoms with Gasteiger partial charge in [-0.25, -0.2) is 10.2 Å². The van der Waals surface area contributed by atoms with Gasteiger partial charge in [-0.2, -0.15) is 5.10 Å². The van der Waals surface area contributed by atoms with E-state index in [4.69, 9.17) is 19.9 Å². The lowest BCUT2D eigenvalue weighted by Crippen LogP contribution is -2.24. The van der Waals surface area contributed by atoms with Gasteiger partial charge in [0.1, 0.15) is 19.0 Å². The molecule has 0 fully saturated rings. The molecule has 0 aliphatic rings. The van der Waals surface area contributed by atoms with E-state index in [-0.39, 0.29) is 5.41 Å². The molecule has 0 bridgehead atoms. The fraction of sp³-hybridized carbons (Fsp3) is 0.333. The standard InChI is InChI=1S/C21H26BrN3O4/c1-21(2,3)15-5-7-16(8-6-15)28-9-10-29-19-17(22)11-14(12-18(19)27-4)13-24-25-20(23)26/h5-8,11-13H,9-10H2,1-4H3,(H3,23,25,26)/b24-13+. The van der Waals surface area contributed by atoms with Gasteiger partial charge in [-0.05, 0) is 56.7 Å². The van der Waals surface area contributed by atoms with Crippen molar-refractivity contribution in [3.63, 3.8) is 0 Å². The summed E-state index contributed by atoms with van der Waals surface area (Å²) < 4.78 is 17.7. The molecule has 29 heavy (non-hydrogen) atoms. The van der Waals surface area contributed by atoms with Crippen molar-refractivity contribution in [2.45, 2.75) is 26.2 Å². The monoisotopic (exact) mass is 463 g/mol. The van der Waals surface area contributed by atoms with Gasteiger partial charge in [-0.1, -0.05) is 32.9 Å². The average Bonchev–Trinajstić information content (AvgIpc) is 2.65. The Labute approximate surface area is 179 Å². The molecular weight excluding hydrogens is 438 g/mol. The third kappa shape index (κ3) is 6.98. The number of ether oxygens (including phenoxy) is 3. The van der Waals surface area contributed by atoms with E-state index in [9.17, 15) is 4.79 Å². The number of halogens is 1. The van der Waals surface area contributed by atoms with Crippen LogP contribution in [-0.2, 0) is 5.41 Å². The second-order valence-corrected chi connectivity index (χ2v) is 8.09. The number of nitrogens with one attached hydrogen (secondary N) is 1. The van der Waals surface area contributed by atoms with Gasteiger partial charge >= 0.3 is 6.03 Å². The van der Waals surface area contributed by atoms with Crippen LogP contribution in [0.2, 0.25) is 0 Å². The molecule has 2 rings (SSSR count). The Morgan fingerprint density at radius 2 is 1.83 bits per heavy atom. The highest BCUT2D eigenvalue weighted by molar-refractivity contribution is 9.10. The number of carbonyl (C=O) groups is 1. The first-order valence-electron chi connectivity index (χ1n) is 9.03. The van der Waals surface area contributed by atoms with Crippen molar-refractivity contribution in [3.05, 3.63) is 52.0 Å². The maximum atomic E-state index is 10.7. The van der Waals surface area contributed by atoms with Crippen molar-refractivity contribution >= 4 is 28.2 Å². The minimum Gasteiger partial charge on any atom is -0.493 e. The van der Waals surface area contributed by atoms with Crippen LogP contribution in [0, 0.1) is 0 Å². The molecule has 8 heteroatoms. The average molecular weight is 464 g/mol. The molecule has 0 saturated heterocycles. The number of hydrazone groups is 1. The van der Waals surface area contributed by atoms with Crippen LogP contribution in [0.3, 0.4) is 0 Å². The number of benzene rings is 2. The molecule has 0 aliphatic heterocycles. The lowest BCUT2D eigenvalue weighted by Gasteiger charge is -2.19. The molecule has 0 aromatic heterocycles. The van der Waals surface area contributed by atoms with Crippen LogP contribution in [0.1, 0.15) is 31.9 Å². The highest BCUT2D eigenvalue weighted by Gasteiger charge is 2.13. The highest BCUT2D eigenvalue weighted by atomic mass is 79.9. The van der Waals surface area contributed by atoms with Crippen molar-refractivity contribution in [3.8, 4) is 17.2 Å². The number of amides is 2. The van der Waals surface area contributed by atoms with Gasteiger partial charge in [0.05, 0.1) is 17.8 Å². The van der Waals surface area contributed by atoms with Gasteiger partial charge in [0.25, 0.3) is 0 Å². The minimum absolute atomic E-state index is 0.108. The number of primary amides is 1. The normalized spacial score (nSPS) is 11.3. The molecule has 0 radical (unpaired) electrons. The first-order valence-corrected chi connectivity index (χ1v) is 9.82. The first-order chi connectivity index (χ1) is 13.7. The van der Waals surface area contributed by atoms with Crippen molar-refractivity contribution in [2.24, 2.45) is 10.8 Å². The molecule has 0 unspecified atom stereocenters.